The zero-order valence-corrected chi connectivity index (χ0v) is 14.6. The van der Waals surface area contributed by atoms with Gasteiger partial charge in [0.05, 0.1) is 31.4 Å². The number of nitrogens with one attached hydrogen (secondary N) is 1. The van der Waals surface area contributed by atoms with Crippen molar-refractivity contribution in [1.82, 2.24) is 20.3 Å². The molecule has 0 unspecified atom stereocenters. The lowest BCUT2D eigenvalue weighted by Gasteiger charge is -2.30. The number of likely N-dealkylation sites (tertiary alicyclic amines) is 1. The Morgan fingerprint density at radius 3 is 2.84 bits per heavy atom. The molecule has 7 heteroatoms. The topological polar surface area (TPSA) is 91.3 Å². The highest BCUT2D eigenvalue weighted by atomic mass is 16.5. The minimum absolute atomic E-state index is 0.0278. The number of ether oxygens (including phenoxy) is 1. The van der Waals surface area contributed by atoms with Gasteiger partial charge in [0.1, 0.15) is 11.3 Å². The van der Waals surface area contributed by atoms with Gasteiger partial charge in [-0.2, -0.15) is 15.4 Å². The van der Waals surface area contributed by atoms with Gasteiger partial charge >= 0.3 is 0 Å². The number of nitrogens with zero attached hydrogens (tertiary/aromatic N) is 3. The summed E-state index contributed by atoms with van der Waals surface area (Å²) in [7, 11) is 0. The maximum atomic E-state index is 12.9. The summed E-state index contributed by atoms with van der Waals surface area (Å²) in [6, 6.07) is 9.87. The number of carbonyl (C=O) groups excluding carboxylic acids is 1. The van der Waals surface area contributed by atoms with E-state index in [4.69, 9.17) is 4.74 Å². The number of aromatic nitrogens is 3. The molecule has 7 nitrogen and oxygen atoms in total. The van der Waals surface area contributed by atoms with E-state index in [2.05, 4.69) is 15.4 Å². The lowest BCUT2D eigenvalue weighted by molar-refractivity contribution is -0.144. The van der Waals surface area contributed by atoms with Crippen molar-refractivity contribution in [2.45, 2.75) is 32.5 Å². The molecule has 1 aromatic carbocycles. The molecule has 0 radical (unpaired) electrons. The molecule has 1 atom stereocenters. The molecule has 1 aromatic heterocycles. The molecule has 2 N–H and O–H groups in total. The van der Waals surface area contributed by atoms with Gasteiger partial charge in [-0.15, -0.1) is 0 Å². The van der Waals surface area contributed by atoms with E-state index in [0.717, 1.165) is 5.56 Å². The standard InChI is InChI=1S/C18H24N4O3/c1-17(2,13-25-11-14-6-4-3-5-7-14)16(23)22-9-8-18(24,12-22)15-10-19-21-20-15/h3-7,10,24H,8-9,11-13H2,1-2H3,(H,19,20,21)/t18-/m0/s1. The van der Waals surface area contributed by atoms with Gasteiger partial charge < -0.3 is 14.7 Å². The third-order valence-corrected chi connectivity index (χ3v) is 4.58. The number of amides is 1. The molecular weight excluding hydrogens is 320 g/mol. The Balaban J connectivity index is 1.56. The first-order valence-corrected chi connectivity index (χ1v) is 8.40. The fourth-order valence-electron chi connectivity index (χ4n) is 3.09. The van der Waals surface area contributed by atoms with E-state index >= 15 is 0 Å². The van der Waals surface area contributed by atoms with Crippen LogP contribution in [0, 0.1) is 5.41 Å². The monoisotopic (exact) mass is 344 g/mol. The van der Waals surface area contributed by atoms with Crippen LogP contribution < -0.4 is 0 Å². The first-order valence-electron chi connectivity index (χ1n) is 8.40. The van der Waals surface area contributed by atoms with Crippen LogP contribution in [-0.2, 0) is 21.7 Å². The number of H-pyrrole nitrogens is 1. The zero-order chi connectivity index (χ0) is 17.9. The van der Waals surface area contributed by atoms with Gasteiger partial charge in [-0.05, 0) is 19.4 Å². The second-order valence-corrected chi connectivity index (χ2v) is 7.23. The summed E-state index contributed by atoms with van der Waals surface area (Å²) in [5.41, 5.74) is -0.249. The maximum Gasteiger partial charge on any atom is 0.230 e. The molecule has 0 spiro atoms. The van der Waals surface area contributed by atoms with Crippen LogP contribution in [0.25, 0.3) is 0 Å². The Morgan fingerprint density at radius 2 is 2.16 bits per heavy atom. The summed E-state index contributed by atoms with van der Waals surface area (Å²) < 4.78 is 5.75. The third-order valence-electron chi connectivity index (χ3n) is 4.58. The van der Waals surface area contributed by atoms with Crippen molar-refractivity contribution in [3.8, 4) is 0 Å². The average molecular weight is 344 g/mol. The van der Waals surface area contributed by atoms with E-state index in [1.807, 2.05) is 44.2 Å². The molecule has 0 aliphatic carbocycles. The summed E-state index contributed by atoms with van der Waals surface area (Å²) in [5, 5.41) is 20.9. The number of aromatic amines is 1. The van der Waals surface area contributed by atoms with Crippen molar-refractivity contribution in [3.05, 3.63) is 47.8 Å². The SMILES string of the molecule is CC(C)(COCc1ccccc1)C(=O)N1CC[C@@](O)(c2cn[nH]n2)C1. The summed E-state index contributed by atoms with van der Waals surface area (Å²) in [6.07, 6.45) is 1.95. The first kappa shape index (κ1) is 17.6. The molecule has 3 rings (SSSR count). The molecule has 2 heterocycles. The van der Waals surface area contributed by atoms with Crippen LogP contribution in [0.15, 0.2) is 36.5 Å². The van der Waals surface area contributed by atoms with Crippen molar-refractivity contribution in [2.75, 3.05) is 19.7 Å². The molecular formula is C18H24N4O3. The van der Waals surface area contributed by atoms with Gasteiger partial charge in [0.25, 0.3) is 0 Å². The minimum atomic E-state index is -1.14. The van der Waals surface area contributed by atoms with E-state index in [-0.39, 0.29) is 12.5 Å². The second kappa shape index (κ2) is 6.93. The number of rotatable bonds is 6. The van der Waals surface area contributed by atoms with Crippen LogP contribution >= 0.6 is 0 Å². The lowest BCUT2D eigenvalue weighted by atomic mass is 9.92. The highest BCUT2D eigenvalue weighted by Gasteiger charge is 2.44. The molecule has 1 fully saturated rings. The van der Waals surface area contributed by atoms with Crippen LogP contribution in [0.3, 0.4) is 0 Å². The normalized spacial score (nSPS) is 20.8. The average Bonchev–Trinajstić information content (AvgIpc) is 3.25. The number of aliphatic hydroxyl groups is 1. The molecule has 25 heavy (non-hydrogen) atoms. The van der Waals surface area contributed by atoms with Crippen LogP contribution in [0.4, 0.5) is 0 Å². The summed E-state index contributed by atoms with van der Waals surface area (Å²) in [5.74, 6) is -0.0278. The molecule has 1 aliphatic rings. The smallest absolute Gasteiger partial charge is 0.230 e. The Kier molecular flexibility index (Phi) is 4.87. The maximum absolute atomic E-state index is 12.9. The number of β-amino-alcohol motifs (C(OH)–C–C–N with tert-alkyl or cyclic N) is 1. The van der Waals surface area contributed by atoms with Crippen LogP contribution in [0.2, 0.25) is 0 Å². The van der Waals surface area contributed by atoms with E-state index in [9.17, 15) is 9.90 Å². The zero-order valence-electron chi connectivity index (χ0n) is 14.6. The molecule has 0 bridgehead atoms. The number of hydrogen-bond donors (Lipinski definition) is 2. The molecule has 134 valence electrons. The van der Waals surface area contributed by atoms with E-state index in [0.29, 0.717) is 31.9 Å². The van der Waals surface area contributed by atoms with Crippen LogP contribution in [0.1, 0.15) is 31.5 Å². The molecule has 0 saturated carbocycles. The highest BCUT2D eigenvalue weighted by Crippen LogP contribution is 2.33. The van der Waals surface area contributed by atoms with E-state index in [1.54, 1.807) is 4.90 Å². The van der Waals surface area contributed by atoms with E-state index < -0.39 is 11.0 Å². The molecule has 1 amide bonds. The molecule has 2 aromatic rings. The predicted octanol–water partition coefficient (Wildman–Crippen LogP) is 1.47. The van der Waals surface area contributed by atoms with Gasteiger partial charge in [-0.3, -0.25) is 4.79 Å². The third kappa shape index (κ3) is 3.88. The van der Waals surface area contributed by atoms with Crippen molar-refractivity contribution in [1.29, 1.82) is 0 Å². The first-order chi connectivity index (χ1) is 11.9. The quantitative estimate of drug-likeness (QED) is 0.828. The second-order valence-electron chi connectivity index (χ2n) is 7.23. The fraction of sp³-hybridized carbons (Fsp3) is 0.500. The Labute approximate surface area is 147 Å². The Bertz CT molecular complexity index is 702. The Morgan fingerprint density at radius 1 is 1.40 bits per heavy atom. The predicted molar refractivity (Wildman–Crippen MR) is 91.4 cm³/mol. The van der Waals surface area contributed by atoms with Gasteiger partial charge in [0, 0.05) is 13.0 Å². The van der Waals surface area contributed by atoms with Gasteiger partial charge in [0.15, 0.2) is 0 Å². The fourth-order valence-corrected chi connectivity index (χ4v) is 3.09. The highest BCUT2D eigenvalue weighted by molar-refractivity contribution is 5.82. The lowest BCUT2D eigenvalue weighted by Crippen LogP contribution is -2.43. The van der Waals surface area contributed by atoms with Crippen LogP contribution in [0.5, 0.6) is 0 Å². The number of carbonyl (C=O) groups is 1. The minimum Gasteiger partial charge on any atom is -0.381 e. The van der Waals surface area contributed by atoms with Crippen molar-refractivity contribution in [2.24, 2.45) is 5.41 Å². The largest absolute Gasteiger partial charge is 0.381 e. The van der Waals surface area contributed by atoms with Gasteiger partial charge in [0.2, 0.25) is 5.91 Å². The van der Waals surface area contributed by atoms with Crippen molar-refractivity contribution < 1.29 is 14.6 Å². The van der Waals surface area contributed by atoms with Crippen LogP contribution in [-0.4, -0.2) is 51.0 Å². The summed E-state index contributed by atoms with van der Waals surface area (Å²) in [4.78, 5) is 14.5. The van der Waals surface area contributed by atoms with Crippen molar-refractivity contribution >= 4 is 5.91 Å². The molecule has 1 aliphatic heterocycles. The number of hydrogen-bond acceptors (Lipinski definition) is 5. The summed E-state index contributed by atoms with van der Waals surface area (Å²) in [6.45, 7) is 5.24. The summed E-state index contributed by atoms with van der Waals surface area (Å²) >= 11 is 0. The van der Waals surface area contributed by atoms with Gasteiger partial charge in [-0.25, -0.2) is 0 Å². The van der Waals surface area contributed by atoms with Gasteiger partial charge in [-0.1, -0.05) is 30.3 Å². The number of benzene rings is 1. The Hall–Kier alpha value is -2.25. The van der Waals surface area contributed by atoms with E-state index in [1.165, 1.54) is 6.20 Å². The molecule has 1 saturated heterocycles. The van der Waals surface area contributed by atoms with Crippen molar-refractivity contribution in [3.63, 3.8) is 0 Å².